The van der Waals surface area contributed by atoms with Crippen LogP contribution in [0.4, 0.5) is 0 Å². The number of hydrogen-bond acceptors (Lipinski definition) is 5. The van der Waals surface area contributed by atoms with Gasteiger partial charge in [-0.1, -0.05) is 0 Å². The van der Waals surface area contributed by atoms with E-state index in [9.17, 15) is 5.11 Å². The van der Waals surface area contributed by atoms with Crippen molar-refractivity contribution in [2.45, 2.75) is 38.1 Å². The molecule has 0 aliphatic carbocycles. The van der Waals surface area contributed by atoms with Crippen molar-refractivity contribution in [3.8, 4) is 0 Å². The second-order valence-corrected chi connectivity index (χ2v) is 4.44. The fourth-order valence-electron chi connectivity index (χ4n) is 2.16. The standard InChI is InChI=1S/C10H18O5/c1-10(2)14-7-6(4-11)5-13-9(12-3)8(7)15-10/h6-9,11H,4-5H2,1-3H3/t6-,7+,8+,9+/m0/s1. The van der Waals surface area contributed by atoms with Crippen LogP contribution in [0.15, 0.2) is 0 Å². The predicted octanol–water partition coefficient (Wildman–Crippen LogP) is 0.118. The maximum Gasteiger partial charge on any atom is 0.186 e. The van der Waals surface area contributed by atoms with Gasteiger partial charge in [-0.25, -0.2) is 0 Å². The molecular weight excluding hydrogens is 200 g/mol. The van der Waals surface area contributed by atoms with Gasteiger partial charge >= 0.3 is 0 Å². The van der Waals surface area contributed by atoms with Crippen LogP contribution in [0, 0.1) is 5.92 Å². The Balaban J connectivity index is 2.14. The van der Waals surface area contributed by atoms with Gasteiger partial charge < -0.3 is 24.1 Å². The molecular formula is C10H18O5. The summed E-state index contributed by atoms with van der Waals surface area (Å²) in [7, 11) is 1.58. The summed E-state index contributed by atoms with van der Waals surface area (Å²) in [5, 5.41) is 9.21. The first-order valence-corrected chi connectivity index (χ1v) is 5.18. The van der Waals surface area contributed by atoms with Gasteiger partial charge in [0.1, 0.15) is 6.10 Å². The molecule has 0 aromatic carbocycles. The van der Waals surface area contributed by atoms with E-state index in [4.69, 9.17) is 18.9 Å². The number of aliphatic hydroxyl groups is 1. The van der Waals surface area contributed by atoms with Crippen LogP contribution in [0.1, 0.15) is 13.8 Å². The van der Waals surface area contributed by atoms with Gasteiger partial charge in [-0.2, -0.15) is 0 Å². The summed E-state index contributed by atoms with van der Waals surface area (Å²) < 4.78 is 22.1. The van der Waals surface area contributed by atoms with Gasteiger partial charge in [0.2, 0.25) is 0 Å². The summed E-state index contributed by atoms with van der Waals surface area (Å²) >= 11 is 0. The molecule has 0 amide bonds. The monoisotopic (exact) mass is 218 g/mol. The molecule has 0 aromatic heterocycles. The summed E-state index contributed by atoms with van der Waals surface area (Å²) in [6, 6.07) is 0. The van der Waals surface area contributed by atoms with E-state index in [2.05, 4.69) is 0 Å². The summed E-state index contributed by atoms with van der Waals surface area (Å²) in [4.78, 5) is 0. The molecule has 5 heteroatoms. The van der Waals surface area contributed by atoms with E-state index in [-0.39, 0.29) is 24.7 Å². The molecule has 2 fully saturated rings. The van der Waals surface area contributed by atoms with Gasteiger partial charge in [0, 0.05) is 13.0 Å². The first-order chi connectivity index (χ1) is 7.07. The van der Waals surface area contributed by atoms with Gasteiger partial charge in [-0.15, -0.1) is 0 Å². The highest BCUT2D eigenvalue weighted by molar-refractivity contribution is 4.91. The lowest BCUT2D eigenvalue weighted by Crippen LogP contribution is -2.50. The third kappa shape index (κ3) is 2.03. The Labute approximate surface area is 89.3 Å². The molecule has 0 aromatic rings. The number of rotatable bonds is 2. The zero-order valence-electron chi connectivity index (χ0n) is 9.30. The number of hydrogen-bond donors (Lipinski definition) is 1. The molecule has 88 valence electrons. The van der Waals surface area contributed by atoms with Crippen molar-refractivity contribution in [3.05, 3.63) is 0 Å². The summed E-state index contributed by atoms with van der Waals surface area (Å²) in [6.45, 7) is 4.19. The summed E-state index contributed by atoms with van der Waals surface area (Å²) in [6.07, 6.45) is -0.806. The largest absolute Gasteiger partial charge is 0.396 e. The van der Waals surface area contributed by atoms with Crippen LogP contribution < -0.4 is 0 Å². The minimum atomic E-state index is -0.632. The van der Waals surface area contributed by atoms with Crippen molar-refractivity contribution in [3.63, 3.8) is 0 Å². The topological polar surface area (TPSA) is 57.2 Å². The Morgan fingerprint density at radius 1 is 1.33 bits per heavy atom. The lowest BCUT2D eigenvalue weighted by atomic mass is 9.96. The molecule has 2 saturated heterocycles. The zero-order valence-corrected chi connectivity index (χ0v) is 9.30. The molecule has 0 saturated carbocycles. The maximum absolute atomic E-state index is 9.21. The Hall–Kier alpha value is -0.200. The number of ether oxygens (including phenoxy) is 4. The first-order valence-electron chi connectivity index (χ1n) is 5.18. The predicted molar refractivity (Wildman–Crippen MR) is 51.1 cm³/mol. The van der Waals surface area contributed by atoms with Crippen LogP contribution in [-0.2, 0) is 18.9 Å². The molecule has 2 heterocycles. The van der Waals surface area contributed by atoms with E-state index in [1.807, 2.05) is 13.8 Å². The molecule has 0 unspecified atom stereocenters. The van der Waals surface area contributed by atoms with Crippen molar-refractivity contribution in [1.29, 1.82) is 0 Å². The average molecular weight is 218 g/mol. The molecule has 0 bridgehead atoms. The minimum Gasteiger partial charge on any atom is -0.396 e. The normalized spacial score (nSPS) is 44.0. The SMILES string of the molecule is CO[C@@H]1OC[C@H](CO)[C@H]2OC(C)(C)O[C@@H]12. The average Bonchev–Trinajstić information content (AvgIpc) is 2.51. The van der Waals surface area contributed by atoms with Crippen molar-refractivity contribution in [2.75, 3.05) is 20.3 Å². The third-order valence-corrected chi connectivity index (χ3v) is 2.84. The Kier molecular flexibility index (Phi) is 3.00. The molecule has 15 heavy (non-hydrogen) atoms. The van der Waals surface area contributed by atoms with Crippen LogP contribution in [-0.4, -0.2) is 49.7 Å². The summed E-state index contributed by atoms with van der Waals surface area (Å²) in [5.74, 6) is -0.670. The van der Waals surface area contributed by atoms with Crippen molar-refractivity contribution in [1.82, 2.24) is 0 Å². The third-order valence-electron chi connectivity index (χ3n) is 2.84. The highest BCUT2D eigenvalue weighted by Gasteiger charge is 2.51. The lowest BCUT2D eigenvalue weighted by molar-refractivity contribution is -0.231. The van der Waals surface area contributed by atoms with E-state index in [1.54, 1.807) is 7.11 Å². The zero-order chi connectivity index (χ0) is 11.1. The Morgan fingerprint density at radius 2 is 2.00 bits per heavy atom. The maximum atomic E-state index is 9.21. The molecule has 2 aliphatic rings. The molecule has 0 spiro atoms. The number of fused-ring (bicyclic) bond motifs is 1. The Morgan fingerprint density at radius 3 is 2.60 bits per heavy atom. The van der Waals surface area contributed by atoms with Crippen LogP contribution in [0.3, 0.4) is 0 Å². The molecule has 0 radical (unpaired) electrons. The number of aliphatic hydroxyl groups excluding tert-OH is 1. The molecule has 5 nitrogen and oxygen atoms in total. The highest BCUT2D eigenvalue weighted by Crippen LogP contribution is 2.37. The molecule has 4 atom stereocenters. The van der Waals surface area contributed by atoms with Gasteiger partial charge in [0.25, 0.3) is 0 Å². The van der Waals surface area contributed by atoms with E-state index in [0.29, 0.717) is 6.61 Å². The molecule has 2 rings (SSSR count). The van der Waals surface area contributed by atoms with Gasteiger partial charge in [-0.3, -0.25) is 0 Å². The van der Waals surface area contributed by atoms with Crippen LogP contribution in [0.25, 0.3) is 0 Å². The lowest BCUT2D eigenvalue weighted by Gasteiger charge is -2.35. The minimum absolute atomic E-state index is 0.0387. The van der Waals surface area contributed by atoms with Gasteiger partial charge in [0.15, 0.2) is 12.1 Å². The van der Waals surface area contributed by atoms with Crippen molar-refractivity contribution >= 4 is 0 Å². The van der Waals surface area contributed by atoms with Crippen LogP contribution >= 0.6 is 0 Å². The molecule has 1 N–H and O–H groups in total. The van der Waals surface area contributed by atoms with E-state index >= 15 is 0 Å². The van der Waals surface area contributed by atoms with Crippen molar-refractivity contribution in [2.24, 2.45) is 5.92 Å². The van der Waals surface area contributed by atoms with Crippen LogP contribution in [0.2, 0.25) is 0 Å². The second-order valence-electron chi connectivity index (χ2n) is 4.44. The fraction of sp³-hybridized carbons (Fsp3) is 1.00. The van der Waals surface area contributed by atoms with Gasteiger partial charge in [-0.05, 0) is 13.8 Å². The smallest absolute Gasteiger partial charge is 0.186 e. The second kappa shape index (κ2) is 3.99. The van der Waals surface area contributed by atoms with Crippen molar-refractivity contribution < 1.29 is 24.1 Å². The van der Waals surface area contributed by atoms with E-state index < -0.39 is 12.1 Å². The summed E-state index contributed by atoms with van der Waals surface area (Å²) in [5.41, 5.74) is 0. The molecule has 2 aliphatic heterocycles. The number of methoxy groups -OCH3 is 1. The quantitative estimate of drug-likeness (QED) is 0.713. The first kappa shape index (κ1) is 11.3. The van der Waals surface area contributed by atoms with E-state index in [1.165, 1.54) is 0 Å². The Bertz CT molecular complexity index is 208. The highest BCUT2D eigenvalue weighted by atomic mass is 16.8. The van der Waals surface area contributed by atoms with Gasteiger partial charge in [0.05, 0.1) is 19.3 Å². The fourth-order valence-corrected chi connectivity index (χ4v) is 2.16. The van der Waals surface area contributed by atoms with Crippen LogP contribution in [0.5, 0.6) is 0 Å². The van der Waals surface area contributed by atoms with E-state index in [0.717, 1.165) is 0 Å².